The standard InChI is InChI=1S/C14H27N/c1-5-12-10-11-8-6-7-9-13(11)15(12)14(2,3)4/h11-13H,5-10H2,1-4H3/t11-,12+,13-/m0/s1. The van der Waals surface area contributed by atoms with Crippen LogP contribution in [0.3, 0.4) is 0 Å². The predicted octanol–water partition coefficient (Wildman–Crippen LogP) is 3.83. The van der Waals surface area contributed by atoms with Gasteiger partial charge in [-0.25, -0.2) is 0 Å². The van der Waals surface area contributed by atoms with Gasteiger partial charge in [0.25, 0.3) is 0 Å². The Labute approximate surface area is 95.2 Å². The van der Waals surface area contributed by atoms with E-state index in [1.807, 2.05) is 0 Å². The SMILES string of the molecule is CC[C@@H]1C[C@@H]2CCCC[C@@H]2N1C(C)(C)C. The molecule has 1 aliphatic carbocycles. The molecule has 3 atom stereocenters. The first-order chi connectivity index (χ1) is 7.04. The van der Waals surface area contributed by atoms with Crippen LogP contribution in [0.4, 0.5) is 0 Å². The van der Waals surface area contributed by atoms with Gasteiger partial charge in [0.1, 0.15) is 0 Å². The van der Waals surface area contributed by atoms with Gasteiger partial charge in [0, 0.05) is 17.6 Å². The van der Waals surface area contributed by atoms with Gasteiger partial charge in [-0.05, 0) is 52.4 Å². The van der Waals surface area contributed by atoms with E-state index < -0.39 is 0 Å². The van der Waals surface area contributed by atoms with Crippen molar-refractivity contribution in [3.8, 4) is 0 Å². The molecule has 0 unspecified atom stereocenters. The molecule has 0 N–H and O–H groups in total. The lowest BCUT2D eigenvalue weighted by molar-refractivity contribution is 0.0529. The van der Waals surface area contributed by atoms with Gasteiger partial charge < -0.3 is 0 Å². The van der Waals surface area contributed by atoms with Crippen LogP contribution < -0.4 is 0 Å². The maximum Gasteiger partial charge on any atom is 0.0132 e. The average Bonchev–Trinajstić information content (AvgIpc) is 2.54. The summed E-state index contributed by atoms with van der Waals surface area (Å²) in [4.78, 5) is 2.84. The van der Waals surface area contributed by atoms with E-state index in [1.54, 1.807) is 0 Å². The predicted molar refractivity (Wildman–Crippen MR) is 66.0 cm³/mol. The number of likely N-dealkylation sites (tertiary alicyclic amines) is 1. The average molecular weight is 209 g/mol. The molecule has 15 heavy (non-hydrogen) atoms. The number of rotatable bonds is 1. The fraction of sp³-hybridized carbons (Fsp3) is 1.00. The summed E-state index contributed by atoms with van der Waals surface area (Å²) < 4.78 is 0. The van der Waals surface area contributed by atoms with Gasteiger partial charge >= 0.3 is 0 Å². The molecule has 0 spiro atoms. The Morgan fingerprint density at radius 3 is 2.40 bits per heavy atom. The second-order valence-electron chi connectivity index (χ2n) is 6.49. The van der Waals surface area contributed by atoms with Crippen molar-refractivity contribution in [2.45, 2.75) is 83.8 Å². The summed E-state index contributed by atoms with van der Waals surface area (Å²) in [5.41, 5.74) is 0.372. The highest BCUT2D eigenvalue weighted by Crippen LogP contribution is 2.43. The Kier molecular flexibility index (Phi) is 3.12. The Morgan fingerprint density at radius 1 is 1.13 bits per heavy atom. The van der Waals surface area contributed by atoms with Crippen molar-refractivity contribution in [3.63, 3.8) is 0 Å². The van der Waals surface area contributed by atoms with Crippen LogP contribution in [-0.2, 0) is 0 Å². The third-order valence-electron chi connectivity index (χ3n) is 4.44. The van der Waals surface area contributed by atoms with E-state index in [0.29, 0.717) is 5.54 Å². The van der Waals surface area contributed by atoms with E-state index in [-0.39, 0.29) is 0 Å². The van der Waals surface area contributed by atoms with Crippen LogP contribution in [0.2, 0.25) is 0 Å². The zero-order valence-corrected chi connectivity index (χ0v) is 10.9. The topological polar surface area (TPSA) is 3.24 Å². The molecule has 1 aliphatic heterocycles. The second-order valence-corrected chi connectivity index (χ2v) is 6.49. The van der Waals surface area contributed by atoms with Crippen LogP contribution in [0.25, 0.3) is 0 Å². The minimum atomic E-state index is 0.372. The van der Waals surface area contributed by atoms with Gasteiger partial charge in [0.05, 0.1) is 0 Å². The third kappa shape index (κ3) is 2.08. The van der Waals surface area contributed by atoms with Crippen LogP contribution in [-0.4, -0.2) is 22.5 Å². The summed E-state index contributed by atoms with van der Waals surface area (Å²) in [6, 6.07) is 1.77. The molecule has 0 bridgehead atoms. The van der Waals surface area contributed by atoms with E-state index in [0.717, 1.165) is 18.0 Å². The molecule has 0 aromatic rings. The molecule has 0 amide bonds. The molecule has 0 radical (unpaired) electrons. The lowest BCUT2D eigenvalue weighted by Crippen LogP contribution is -2.50. The van der Waals surface area contributed by atoms with Crippen molar-refractivity contribution in [1.29, 1.82) is 0 Å². The Hall–Kier alpha value is -0.0400. The van der Waals surface area contributed by atoms with Crippen molar-refractivity contribution in [2.24, 2.45) is 5.92 Å². The first-order valence-corrected chi connectivity index (χ1v) is 6.82. The van der Waals surface area contributed by atoms with Crippen LogP contribution in [0, 0.1) is 5.92 Å². The fourth-order valence-electron chi connectivity index (χ4n) is 3.97. The van der Waals surface area contributed by atoms with Gasteiger partial charge in [-0.1, -0.05) is 19.8 Å². The Bertz CT molecular complexity index is 216. The zero-order chi connectivity index (χ0) is 11.1. The molecule has 2 aliphatic rings. The van der Waals surface area contributed by atoms with Gasteiger partial charge in [-0.3, -0.25) is 4.90 Å². The monoisotopic (exact) mass is 209 g/mol. The molecule has 1 heterocycles. The van der Waals surface area contributed by atoms with Gasteiger partial charge in [-0.15, -0.1) is 0 Å². The van der Waals surface area contributed by atoms with Crippen LogP contribution in [0.5, 0.6) is 0 Å². The van der Waals surface area contributed by atoms with Crippen molar-refractivity contribution in [1.82, 2.24) is 4.90 Å². The third-order valence-corrected chi connectivity index (χ3v) is 4.44. The largest absolute Gasteiger partial charge is 0.292 e. The second kappa shape index (κ2) is 4.08. The molecule has 1 heteroatoms. The van der Waals surface area contributed by atoms with Crippen molar-refractivity contribution < 1.29 is 0 Å². The number of fused-ring (bicyclic) bond motifs is 1. The van der Waals surface area contributed by atoms with Crippen LogP contribution >= 0.6 is 0 Å². The van der Waals surface area contributed by atoms with Crippen LogP contribution in [0.1, 0.15) is 66.2 Å². The van der Waals surface area contributed by atoms with E-state index >= 15 is 0 Å². The Balaban J connectivity index is 2.17. The highest BCUT2D eigenvalue weighted by atomic mass is 15.3. The first kappa shape index (κ1) is 11.4. The number of hydrogen-bond acceptors (Lipinski definition) is 1. The van der Waals surface area contributed by atoms with Gasteiger partial charge in [0.2, 0.25) is 0 Å². The molecule has 2 fully saturated rings. The molecule has 2 rings (SSSR count). The zero-order valence-electron chi connectivity index (χ0n) is 10.9. The highest BCUT2D eigenvalue weighted by Gasteiger charge is 2.45. The molecule has 0 aromatic heterocycles. The van der Waals surface area contributed by atoms with E-state index in [9.17, 15) is 0 Å². The minimum Gasteiger partial charge on any atom is -0.292 e. The molecular formula is C14H27N. The van der Waals surface area contributed by atoms with E-state index in [2.05, 4.69) is 32.6 Å². The molecule has 0 aromatic carbocycles. The van der Waals surface area contributed by atoms with E-state index in [1.165, 1.54) is 38.5 Å². The van der Waals surface area contributed by atoms with Gasteiger partial charge in [0.15, 0.2) is 0 Å². The molecule has 1 saturated carbocycles. The quantitative estimate of drug-likeness (QED) is 0.634. The highest BCUT2D eigenvalue weighted by molar-refractivity contribution is 4.99. The summed E-state index contributed by atoms with van der Waals surface area (Å²) in [6.45, 7) is 9.55. The summed E-state index contributed by atoms with van der Waals surface area (Å²) in [5.74, 6) is 1.02. The molecule has 1 saturated heterocycles. The molecular weight excluding hydrogens is 182 g/mol. The normalized spacial score (nSPS) is 38.0. The maximum atomic E-state index is 2.84. The minimum absolute atomic E-state index is 0.372. The number of hydrogen-bond donors (Lipinski definition) is 0. The maximum absolute atomic E-state index is 2.84. The lowest BCUT2D eigenvalue weighted by atomic mass is 9.84. The van der Waals surface area contributed by atoms with Gasteiger partial charge in [-0.2, -0.15) is 0 Å². The van der Waals surface area contributed by atoms with E-state index in [4.69, 9.17) is 0 Å². The molecule has 1 nitrogen and oxygen atoms in total. The van der Waals surface area contributed by atoms with Crippen molar-refractivity contribution in [2.75, 3.05) is 0 Å². The summed E-state index contributed by atoms with van der Waals surface area (Å²) in [7, 11) is 0. The smallest absolute Gasteiger partial charge is 0.0132 e. The fourth-order valence-corrected chi connectivity index (χ4v) is 3.97. The van der Waals surface area contributed by atoms with Crippen molar-refractivity contribution in [3.05, 3.63) is 0 Å². The first-order valence-electron chi connectivity index (χ1n) is 6.82. The van der Waals surface area contributed by atoms with Crippen molar-refractivity contribution >= 4 is 0 Å². The molecule has 88 valence electrons. The van der Waals surface area contributed by atoms with Crippen LogP contribution in [0.15, 0.2) is 0 Å². The summed E-state index contributed by atoms with van der Waals surface area (Å²) in [6.07, 6.45) is 8.70. The Morgan fingerprint density at radius 2 is 1.80 bits per heavy atom. The lowest BCUT2D eigenvalue weighted by Gasteiger charge is -2.43. The summed E-state index contributed by atoms with van der Waals surface area (Å²) >= 11 is 0. The summed E-state index contributed by atoms with van der Waals surface area (Å²) in [5, 5.41) is 0. The number of nitrogens with zero attached hydrogens (tertiary/aromatic N) is 1.